The van der Waals surface area contributed by atoms with Crippen LogP contribution >= 0.6 is 11.6 Å². The van der Waals surface area contributed by atoms with E-state index in [2.05, 4.69) is 75.9 Å². The molecule has 3 aromatic rings. The van der Waals surface area contributed by atoms with E-state index in [-0.39, 0.29) is 22.5 Å². The van der Waals surface area contributed by atoms with Gasteiger partial charge in [0.2, 0.25) is 0 Å². The topological polar surface area (TPSA) is 71.1 Å². The number of rotatable bonds is 3. The van der Waals surface area contributed by atoms with Gasteiger partial charge in [-0.2, -0.15) is 0 Å². The second-order valence-electron chi connectivity index (χ2n) is 16.6. The zero-order chi connectivity index (χ0) is 37.0. The maximum absolute atomic E-state index is 14.1. The van der Waals surface area contributed by atoms with Gasteiger partial charge < -0.3 is 14.4 Å². The lowest BCUT2D eigenvalue weighted by molar-refractivity contribution is -0.0932. The Morgan fingerprint density at radius 3 is 2.68 bits per heavy atom. The number of hydrogen-bond donors (Lipinski definition) is 1. The summed E-state index contributed by atoms with van der Waals surface area (Å²) >= 11 is 6.53. The number of fused-ring (bicyclic) bond motifs is 5. The molecule has 282 valence electrons. The molecule has 1 N–H and O–H groups in total. The Morgan fingerprint density at radius 2 is 1.89 bits per heavy atom. The molecular formula is C44H54ClN3O4S. The van der Waals surface area contributed by atoms with Crippen molar-refractivity contribution in [2.24, 2.45) is 17.8 Å². The Hall–Kier alpha value is -3.30. The van der Waals surface area contributed by atoms with E-state index in [1.54, 1.807) is 6.07 Å². The average Bonchev–Trinajstić information content (AvgIpc) is 3.28. The first-order valence-corrected chi connectivity index (χ1v) is 21.7. The molecule has 7 nitrogen and oxygen atoms in total. The van der Waals surface area contributed by atoms with Crippen molar-refractivity contribution in [2.75, 3.05) is 44.8 Å². The Morgan fingerprint density at radius 1 is 1.06 bits per heavy atom. The van der Waals surface area contributed by atoms with E-state index >= 15 is 0 Å². The summed E-state index contributed by atoms with van der Waals surface area (Å²) in [7, 11) is -1.07. The van der Waals surface area contributed by atoms with Crippen LogP contribution in [0.1, 0.15) is 78.6 Å². The zero-order valence-electron chi connectivity index (χ0n) is 31.5. The summed E-state index contributed by atoms with van der Waals surface area (Å²) in [6, 6.07) is 20.9. The highest BCUT2D eigenvalue weighted by molar-refractivity contribution is 7.99. The Balaban J connectivity index is 1.20. The molecule has 3 aromatic carbocycles. The number of carbonyl (C=O) groups is 1. The third-order valence-corrected chi connectivity index (χ3v) is 15.9. The minimum Gasteiger partial charge on any atom is -0.490 e. The number of ether oxygens (including phenoxy) is 2. The molecule has 9 heteroatoms. The predicted molar refractivity (Wildman–Crippen MR) is 217 cm³/mol. The van der Waals surface area contributed by atoms with Gasteiger partial charge in [0.25, 0.3) is 5.91 Å². The van der Waals surface area contributed by atoms with Crippen LogP contribution in [0.3, 0.4) is 0 Å². The van der Waals surface area contributed by atoms with E-state index in [1.807, 2.05) is 32.2 Å². The molecule has 5 aliphatic rings. The fourth-order valence-corrected chi connectivity index (χ4v) is 11.6. The fraction of sp³-hybridized carbons (Fsp3) is 0.500. The van der Waals surface area contributed by atoms with Gasteiger partial charge in [-0.15, -0.1) is 0 Å². The maximum Gasteiger partial charge on any atom is 0.262 e. The largest absolute Gasteiger partial charge is 0.490 e. The lowest BCUT2D eigenvalue weighted by Gasteiger charge is -2.52. The number of hydrogen-bond acceptors (Lipinski definition) is 6. The van der Waals surface area contributed by atoms with Crippen LogP contribution in [0.15, 0.2) is 72.8 Å². The van der Waals surface area contributed by atoms with E-state index in [0.29, 0.717) is 30.4 Å². The Bertz CT molecular complexity index is 2020. The van der Waals surface area contributed by atoms with Gasteiger partial charge >= 0.3 is 0 Å². The molecule has 1 amide bonds. The van der Waals surface area contributed by atoms with Gasteiger partial charge in [-0.05, 0) is 128 Å². The summed E-state index contributed by atoms with van der Waals surface area (Å²) in [6.45, 7) is 8.89. The highest BCUT2D eigenvalue weighted by Gasteiger charge is 2.50. The van der Waals surface area contributed by atoms with Crippen molar-refractivity contribution in [3.63, 3.8) is 0 Å². The SMILES string of the molecule is C=S1(=O)NC(=O)c2ccc3c(c2)N(C[C@@H]2CC[C@H]2[C@@](CN2CCc4ccccc4C2)(OC)/C=C/C[C@H](C)[C@H]1C)C[C@@]1(CCCc2cc(Cl)ccc21)CO3. The van der Waals surface area contributed by atoms with Crippen molar-refractivity contribution >= 4 is 38.8 Å². The number of benzene rings is 3. The molecule has 3 aliphatic heterocycles. The third kappa shape index (κ3) is 6.94. The van der Waals surface area contributed by atoms with E-state index in [1.165, 1.54) is 22.3 Å². The third-order valence-electron chi connectivity index (χ3n) is 13.4. The second kappa shape index (κ2) is 14.4. The number of aryl methyl sites for hydroxylation is 1. The first-order chi connectivity index (χ1) is 25.5. The van der Waals surface area contributed by atoms with Crippen molar-refractivity contribution in [1.82, 2.24) is 9.62 Å². The summed E-state index contributed by atoms with van der Waals surface area (Å²) < 4.78 is 30.4. The quantitative estimate of drug-likeness (QED) is 0.219. The van der Waals surface area contributed by atoms with Crippen molar-refractivity contribution in [2.45, 2.75) is 81.6 Å². The molecule has 53 heavy (non-hydrogen) atoms. The summed E-state index contributed by atoms with van der Waals surface area (Å²) in [4.78, 5) is 18.9. The molecule has 2 bridgehead atoms. The minimum atomic E-state index is -2.96. The fourth-order valence-electron chi connectivity index (χ4n) is 9.94. The van der Waals surface area contributed by atoms with Crippen LogP contribution in [0, 0.1) is 17.8 Å². The number of carbonyl (C=O) groups excluding carboxylic acids is 1. The molecule has 1 saturated carbocycles. The molecule has 2 aliphatic carbocycles. The van der Waals surface area contributed by atoms with Crippen LogP contribution < -0.4 is 14.4 Å². The van der Waals surface area contributed by atoms with E-state index in [0.717, 1.165) is 87.7 Å². The molecule has 7 atom stereocenters. The Labute approximate surface area is 321 Å². The normalized spacial score (nSPS) is 33.7. The predicted octanol–water partition coefficient (Wildman–Crippen LogP) is 7.63. The molecule has 0 aromatic heterocycles. The molecule has 1 spiro atoms. The number of halogens is 1. The van der Waals surface area contributed by atoms with Gasteiger partial charge in [-0.25, -0.2) is 4.21 Å². The monoisotopic (exact) mass is 755 g/mol. The maximum atomic E-state index is 14.1. The van der Waals surface area contributed by atoms with E-state index in [4.69, 9.17) is 21.1 Å². The summed E-state index contributed by atoms with van der Waals surface area (Å²) in [5, 5.41) is 0.430. The van der Waals surface area contributed by atoms with E-state index < -0.39 is 15.3 Å². The van der Waals surface area contributed by atoms with Crippen LogP contribution in [0.25, 0.3) is 0 Å². The minimum absolute atomic E-state index is 0.0263. The molecule has 3 heterocycles. The number of nitrogens with zero attached hydrogens (tertiary/aromatic N) is 2. The van der Waals surface area contributed by atoms with Crippen LogP contribution in [0.5, 0.6) is 5.75 Å². The lowest BCUT2D eigenvalue weighted by atomic mass is 9.63. The van der Waals surface area contributed by atoms with Crippen LogP contribution in [-0.2, 0) is 39.2 Å². The highest BCUT2D eigenvalue weighted by atomic mass is 35.5. The van der Waals surface area contributed by atoms with Crippen molar-refractivity contribution in [3.8, 4) is 5.75 Å². The van der Waals surface area contributed by atoms with Gasteiger partial charge in [0, 0.05) is 61.1 Å². The molecule has 8 rings (SSSR count). The van der Waals surface area contributed by atoms with Crippen molar-refractivity contribution < 1.29 is 18.5 Å². The van der Waals surface area contributed by atoms with Gasteiger partial charge in [0.1, 0.15) is 11.4 Å². The standard InChI is InChI=1S/C44H54ClN3O4S/c1-30-9-7-21-44(51-3,28-47-22-19-32-10-5-6-11-35(32)25-47)39-16-13-36(39)26-48-27-43(20-8-12-33-23-37(45)15-17-38(33)43)29-52-41-18-14-34(24-40(41)48)42(49)46-53(4,50)31(30)2/h5-7,10-11,14-15,17-18,21,23-24,30-31,36,39H,4,8-9,12-13,16,19-20,22,25-29H2,1-3H3,(H,46,49,50)/b21-7+/t30-,31+,36-,39+,43-,44+,53?/m0/s1. The number of amides is 1. The molecule has 1 fully saturated rings. The molecule has 0 saturated heterocycles. The smallest absolute Gasteiger partial charge is 0.262 e. The summed E-state index contributed by atoms with van der Waals surface area (Å²) in [5.74, 6) is 5.18. The average molecular weight is 756 g/mol. The molecule has 1 unspecified atom stereocenters. The first kappa shape index (κ1) is 36.7. The molecular weight excluding hydrogens is 702 g/mol. The Kier molecular flexibility index (Phi) is 9.97. The van der Waals surface area contributed by atoms with Gasteiger partial charge in [-0.3, -0.25) is 14.4 Å². The first-order valence-electron chi connectivity index (χ1n) is 19.5. The zero-order valence-corrected chi connectivity index (χ0v) is 33.0. The van der Waals surface area contributed by atoms with Crippen molar-refractivity contribution in [3.05, 3.63) is 106 Å². The van der Waals surface area contributed by atoms with Crippen molar-refractivity contribution in [1.29, 1.82) is 0 Å². The number of allylic oxidation sites excluding steroid dienone is 1. The van der Waals surface area contributed by atoms with E-state index in [9.17, 15) is 9.00 Å². The van der Waals surface area contributed by atoms with Crippen LogP contribution in [0.2, 0.25) is 5.02 Å². The van der Waals surface area contributed by atoms with Crippen LogP contribution in [-0.4, -0.2) is 71.6 Å². The van der Waals surface area contributed by atoms with Gasteiger partial charge in [0.05, 0.1) is 22.0 Å². The van der Waals surface area contributed by atoms with Crippen LogP contribution in [0.4, 0.5) is 5.69 Å². The summed E-state index contributed by atoms with van der Waals surface area (Å²) in [6.07, 6.45) is 11.6. The second-order valence-corrected chi connectivity index (χ2v) is 19.4. The number of anilines is 1. The van der Waals surface area contributed by atoms with Gasteiger partial charge in [-0.1, -0.05) is 61.0 Å². The lowest BCUT2D eigenvalue weighted by Crippen LogP contribution is -2.57. The molecule has 0 radical (unpaired) electrons. The highest BCUT2D eigenvalue weighted by Crippen LogP contribution is 2.49. The summed E-state index contributed by atoms with van der Waals surface area (Å²) in [5.41, 5.74) is 6.12. The number of nitrogens with one attached hydrogen (secondary N) is 1. The number of methoxy groups -OCH3 is 1. The van der Waals surface area contributed by atoms with Gasteiger partial charge in [0.15, 0.2) is 0 Å².